The number of rotatable bonds is 5. The van der Waals surface area contributed by atoms with Crippen molar-refractivity contribution in [3.8, 4) is 5.69 Å². The van der Waals surface area contributed by atoms with Crippen molar-refractivity contribution in [1.82, 2.24) is 20.2 Å². The standard InChI is InChI=1S/C10H12N4S2/c15-7-4-8-16-10-11-12-13-14(10)9-5-2-1-3-6-9/h1-3,5-6,15H,4,7-8H2. The van der Waals surface area contributed by atoms with E-state index < -0.39 is 0 Å². The molecule has 1 aromatic carbocycles. The SMILES string of the molecule is SCCCSc1nnnn1-c1ccccc1. The Labute approximate surface area is 104 Å². The van der Waals surface area contributed by atoms with Crippen LogP contribution in [0.1, 0.15) is 6.42 Å². The minimum absolute atomic E-state index is 0.827. The van der Waals surface area contributed by atoms with E-state index in [1.807, 2.05) is 30.3 Å². The number of aromatic nitrogens is 4. The first-order valence-corrected chi connectivity index (χ1v) is 6.61. The Morgan fingerprint density at radius 2 is 2.06 bits per heavy atom. The molecule has 0 radical (unpaired) electrons. The molecule has 0 fully saturated rings. The van der Waals surface area contributed by atoms with Gasteiger partial charge in [0.05, 0.1) is 5.69 Å². The summed E-state index contributed by atoms with van der Waals surface area (Å²) in [6, 6.07) is 9.89. The van der Waals surface area contributed by atoms with E-state index in [0.29, 0.717) is 0 Å². The van der Waals surface area contributed by atoms with Gasteiger partial charge in [-0.3, -0.25) is 0 Å². The van der Waals surface area contributed by atoms with E-state index in [1.165, 1.54) is 0 Å². The van der Waals surface area contributed by atoms with Gasteiger partial charge in [0.2, 0.25) is 5.16 Å². The van der Waals surface area contributed by atoms with Gasteiger partial charge in [0.15, 0.2) is 0 Å². The van der Waals surface area contributed by atoms with E-state index in [2.05, 4.69) is 28.2 Å². The third-order valence-electron chi connectivity index (χ3n) is 1.98. The van der Waals surface area contributed by atoms with E-state index in [-0.39, 0.29) is 0 Å². The Kier molecular flexibility index (Phi) is 4.24. The summed E-state index contributed by atoms with van der Waals surface area (Å²) in [5.74, 6) is 1.87. The number of hydrogen-bond donors (Lipinski definition) is 1. The van der Waals surface area contributed by atoms with Gasteiger partial charge in [-0.2, -0.15) is 17.3 Å². The molecule has 16 heavy (non-hydrogen) atoms. The number of benzene rings is 1. The highest BCUT2D eigenvalue weighted by atomic mass is 32.2. The zero-order valence-corrected chi connectivity index (χ0v) is 10.4. The summed E-state index contributed by atoms with van der Waals surface area (Å²) < 4.78 is 1.75. The van der Waals surface area contributed by atoms with Gasteiger partial charge in [0.1, 0.15) is 0 Å². The maximum Gasteiger partial charge on any atom is 0.214 e. The summed E-state index contributed by atoms with van der Waals surface area (Å²) in [6.45, 7) is 0. The molecule has 0 aliphatic carbocycles. The Hall–Kier alpha value is -1.01. The van der Waals surface area contributed by atoms with Gasteiger partial charge in [-0.15, -0.1) is 5.10 Å². The lowest BCUT2D eigenvalue weighted by Gasteiger charge is -2.02. The molecule has 0 aliphatic heterocycles. The number of tetrazole rings is 1. The second-order valence-electron chi connectivity index (χ2n) is 3.13. The lowest BCUT2D eigenvalue weighted by atomic mass is 10.3. The summed E-state index contributed by atoms with van der Waals surface area (Å²) in [7, 11) is 0. The van der Waals surface area contributed by atoms with E-state index in [1.54, 1.807) is 16.4 Å². The lowest BCUT2D eigenvalue weighted by molar-refractivity contribution is 0.756. The summed E-state index contributed by atoms with van der Waals surface area (Å²) in [5, 5.41) is 12.5. The first-order valence-electron chi connectivity index (χ1n) is 4.99. The molecule has 6 heteroatoms. The van der Waals surface area contributed by atoms with Crippen molar-refractivity contribution in [2.45, 2.75) is 11.6 Å². The summed E-state index contributed by atoms with van der Waals surface area (Å²) in [6.07, 6.45) is 1.05. The molecule has 2 aromatic rings. The smallest absolute Gasteiger partial charge is 0.188 e. The van der Waals surface area contributed by atoms with Crippen molar-refractivity contribution in [2.75, 3.05) is 11.5 Å². The molecule has 0 aliphatic rings. The molecular weight excluding hydrogens is 240 g/mol. The van der Waals surface area contributed by atoms with Gasteiger partial charge in [-0.25, -0.2) is 0 Å². The monoisotopic (exact) mass is 252 g/mol. The fraction of sp³-hybridized carbons (Fsp3) is 0.300. The molecule has 0 spiro atoms. The van der Waals surface area contributed by atoms with Crippen molar-refractivity contribution in [2.24, 2.45) is 0 Å². The fourth-order valence-electron chi connectivity index (χ4n) is 1.23. The molecular formula is C10H12N4S2. The van der Waals surface area contributed by atoms with Crippen molar-refractivity contribution in [3.05, 3.63) is 30.3 Å². The summed E-state index contributed by atoms with van der Waals surface area (Å²) in [5.41, 5.74) is 0.987. The largest absolute Gasteiger partial charge is 0.214 e. The molecule has 2 rings (SSSR count). The van der Waals surface area contributed by atoms with Crippen LogP contribution in [0.2, 0.25) is 0 Å². The molecule has 4 nitrogen and oxygen atoms in total. The predicted octanol–water partition coefficient (Wildman–Crippen LogP) is 2.07. The van der Waals surface area contributed by atoms with Crippen LogP contribution >= 0.6 is 24.4 Å². The van der Waals surface area contributed by atoms with Crippen LogP contribution in [0.25, 0.3) is 5.69 Å². The molecule has 0 atom stereocenters. The van der Waals surface area contributed by atoms with Crippen molar-refractivity contribution >= 4 is 24.4 Å². The van der Waals surface area contributed by atoms with Gasteiger partial charge >= 0.3 is 0 Å². The maximum absolute atomic E-state index is 4.18. The predicted molar refractivity (Wildman–Crippen MR) is 68.3 cm³/mol. The third kappa shape index (κ3) is 2.76. The Bertz CT molecular complexity index is 429. The first kappa shape index (κ1) is 11.5. The summed E-state index contributed by atoms with van der Waals surface area (Å²) in [4.78, 5) is 0. The average Bonchev–Trinajstić information content (AvgIpc) is 2.79. The number of nitrogens with zero attached hydrogens (tertiary/aromatic N) is 4. The van der Waals surface area contributed by atoms with Gasteiger partial charge in [-0.1, -0.05) is 30.0 Å². The van der Waals surface area contributed by atoms with Crippen LogP contribution in [0.15, 0.2) is 35.5 Å². The van der Waals surface area contributed by atoms with E-state index in [9.17, 15) is 0 Å². The third-order valence-corrected chi connectivity index (χ3v) is 3.30. The topological polar surface area (TPSA) is 43.6 Å². The molecule has 84 valence electrons. The molecule has 0 N–H and O–H groups in total. The van der Waals surface area contributed by atoms with Gasteiger partial charge in [-0.05, 0) is 34.7 Å². The van der Waals surface area contributed by atoms with Crippen LogP contribution in [0.5, 0.6) is 0 Å². The van der Waals surface area contributed by atoms with Crippen molar-refractivity contribution in [1.29, 1.82) is 0 Å². The minimum Gasteiger partial charge on any atom is -0.188 e. The molecule has 0 unspecified atom stereocenters. The van der Waals surface area contributed by atoms with Gasteiger partial charge < -0.3 is 0 Å². The molecule has 0 saturated carbocycles. The molecule has 1 aromatic heterocycles. The molecule has 0 saturated heterocycles. The summed E-state index contributed by atoms with van der Waals surface area (Å²) >= 11 is 5.83. The quantitative estimate of drug-likeness (QED) is 0.502. The second kappa shape index (κ2) is 5.91. The lowest BCUT2D eigenvalue weighted by Crippen LogP contribution is -1.98. The van der Waals surface area contributed by atoms with Crippen LogP contribution in [-0.4, -0.2) is 31.7 Å². The molecule has 0 bridgehead atoms. The number of thiol groups is 1. The highest BCUT2D eigenvalue weighted by Crippen LogP contribution is 2.18. The fourth-order valence-corrected chi connectivity index (χ4v) is 2.43. The highest BCUT2D eigenvalue weighted by Gasteiger charge is 2.07. The Balaban J connectivity index is 2.13. The maximum atomic E-state index is 4.18. The normalized spacial score (nSPS) is 10.6. The zero-order chi connectivity index (χ0) is 11.2. The van der Waals surface area contributed by atoms with Gasteiger partial charge in [0, 0.05) is 5.75 Å². The Morgan fingerprint density at radius 3 is 2.81 bits per heavy atom. The highest BCUT2D eigenvalue weighted by molar-refractivity contribution is 7.99. The van der Waals surface area contributed by atoms with E-state index in [4.69, 9.17) is 0 Å². The van der Waals surface area contributed by atoms with Gasteiger partial charge in [0.25, 0.3) is 0 Å². The zero-order valence-electron chi connectivity index (χ0n) is 8.65. The number of hydrogen-bond acceptors (Lipinski definition) is 5. The first-order chi connectivity index (χ1) is 7.92. The number of thioether (sulfide) groups is 1. The minimum atomic E-state index is 0.827. The Morgan fingerprint density at radius 1 is 1.25 bits per heavy atom. The van der Waals surface area contributed by atoms with Crippen LogP contribution in [0, 0.1) is 0 Å². The van der Waals surface area contributed by atoms with Crippen LogP contribution < -0.4 is 0 Å². The molecule has 1 heterocycles. The van der Waals surface area contributed by atoms with Crippen molar-refractivity contribution in [3.63, 3.8) is 0 Å². The van der Waals surface area contributed by atoms with Crippen LogP contribution in [0.4, 0.5) is 0 Å². The van der Waals surface area contributed by atoms with E-state index in [0.717, 1.165) is 28.8 Å². The number of para-hydroxylation sites is 1. The van der Waals surface area contributed by atoms with E-state index >= 15 is 0 Å². The second-order valence-corrected chi connectivity index (χ2v) is 4.64. The average molecular weight is 252 g/mol. The molecule has 0 amide bonds. The van der Waals surface area contributed by atoms with Crippen LogP contribution in [0.3, 0.4) is 0 Å². The van der Waals surface area contributed by atoms with Crippen molar-refractivity contribution < 1.29 is 0 Å². The van der Waals surface area contributed by atoms with Crippen LogP contribution in [-0.2, 0) is 0 Å².